The van der Waals surface area contributed by atoms with Gasteiger partial charge in [0.25, 0.3) is 0 Å². The van der Waals surface area contributed by atoms with Crippen LogP contribution in [0.1, 0.15) is 292 Å². The quantitative estimate of drug-likeness (QED) is 0.115. The van der Waals surface area contributed by atoms with Gasteiger partial charge < -0.3 is 0 Å². The van der Waals surface area contributed by atoms with Gasteiger partial charge in [0.15, 0.2) is 0 Å². The predicted octanol–water partition coefficient (Wildman–Crippen LogP) is 27.0. The van der Waals surface area contributed by atoms with E-state index >= 15 is 0 Å². The molecular weight excluding hydrogens is 1060 g/mol. The van der Waals surface area contributed by atoms with Crippen molar-refractivity contribution in [3.8, 4) is 0 Å². The van der Waals surface area contributed by atoms with Crippen molar-refractivity contribution in [3.63, 3.8) is 0 Å². The Labute approximate surface area is 547 Å². The van der Waals surface area contributed by atoms with Crippen LogP contribution in [0.2, 0.25) is 0 Å². The Morgan fingerprint density at radius 1 is 0.295 bits per heavy atom. The summed E-state index contributed by atoms with van der Waals surface area (Å²) in [5.41, 5.74) is 16.6. The maximum atomic E-state index is 2.37. The fourth-order valence-corrected chi connectivity index (χ4v) is 13.2. The molecular formula is C88H136. The van der Waals surface area contributed by atoms with Crippen molar-refractivity contribution in [2.75, 3.05) is 0 Å². The lowest BCUT2D eigenvalue weighted by molar-refractivity contribution is 0.255. The van der Waals surface area contributed by atoms with Gasteiger partial charge in [0.1, 0.15) is 0 Å². The molecule has 6 aromatic rings. The highest BCUT2D eigenvalue weighted by molar-refractivity contribution is 5.39. The van der Waals surface area contributed by atoms with Crippen molar-refractivity contribution in [1.82, 2.24) is 0 Å². The van der Waals surface area contributed by atoms with Gasteiger partial charge in [0, 0.05) is 5.41 Å². The van der Waals surface area contributed by atoms with Crippen molar-refractivity contribution < 1.29 is 0 Å². The summed E-state index contributed by atoms with van der Waals surface area (Å²) in [5, 5.41) is 0. The minimum atomic E-state index is 0.0708. The molecule has 4 atom stereocenters. The normalized spacial score (nSPS) is 21.2. The summed E-state index contributed by atoms with van der Waals surface area (Å²) in [5.74, 6) is 8.35. The van der Waals surface area contributed by atoms with E-state index in [-0.39, 0.29) is 5.41 Å². The topological polar surface area (TPSA) is 0 Å². The molecule has 0 bridgehead atoms. The molecule has 0 radical (unpaired) electrons. The van der Waals surface area contributed by atoms with Crippen LogP contribution in [0.4, 0.5) is 0 Å². The van der Waals surface area contributed by atoms with E-state index in [0.29, 0.717) is 0 Å². The van der Waals surface area contributed by atoms with Gasteiger partial charge >= 0.3 is 0 Å². The second kappa shape index (κ2) is 44.7. The van der Waals surface area contributed by atoms with Gasteiger partial charge in [-0.05, 0) is 164 Å². The molecule has 0 heterocycles. The van der Waals surface area contributed by atoms with E-state index in [1.165, 1.54) is 195 Å². The van der Waals surface area contributed by atoms with Gasteiger partial charge in [-0.2, -0.15) is 0 Å². The van der Waals surface area contributed by atoms with Crippen LogP contribution in [0.25, 0.3) is 0 Å². The highest BCUT2D eigenvalue weighted by Crippen LogP contribution is 2.35. The van der Waals surface area contributed by atoms with Gasteiger partial charge in [0.05, 0.1) is 0 Å². The van der Waals surface area contributed by atoms with E-state index in [1.807, 2.05) is 0 Å². The first-order chi connectivity index (χ1) is 42.3. The van der Waals surface area contributed by atoms with Crippen LogP contribution in [0, 0.1) is 75.0 Å². The van der Waals surface area contributed by atoms with E-state index in [1.54, 1.807) is 0 Å². The molecule has 0 heteroatoms. The molecule has 0 nitrogen and oxygen atoms in total. The standard InChI is InChI=1S/C17H20.C15H16.C10H20.C10H14.C10H20.C10H14.2C8H16/c1-13-5-9-15(10-6-13)17(3,4)16-11-7-14(2)8-12-16;1-12-3-7-14(8-4-12)11-15-9-5-13(2)6-10-15;2*1-3-9-5-7-10(4-2)8-6-9;2*1-3-9-6-5-7-10(4-2)8-9;1-7-3-5-8(2)6-4-7;1-7-4-3-5-8(2)6-7/h5-12H,1-4H3;3-10H,11H2,1-2H3;9-10H,3-8H2,1-2H3;5-8H,3-4H2,1-2H3;9-10H,3-8H2,1-2H3;5-8H,3-4H2,1-2H3;2*7-8H,3-6H2,1-2H3. The maximum absolute atomic E-state index is 2.37. The fraction of sp³-hybridized carbons (Fsp3) is 0.591. The van der Waals surface area contributed by atoms with Crippen molar-refractivity contribution in [3.05, 3.63) is 212 Å². The Balaban J connectivity index is 0.000000267. The smallest absolute Gasteiger partial charge is 0.0146 e. The van der Waals surface area contributed by atoms with Gasteiger partial charge in [0.2, 0.25) is 0 Å². The molecule has 4 aliphatic carbocycles. The second-order valence-electron chi connectivity index (χ2n) is 28.7. The molecule has 4 saturated carbocycles. The van der Waals surface area contributed by atoms with Crippen LogP contribution in [0.3, 0.4) is 0 Å². The van der Waals surface area contributed by atoms with Crippen molar-refractivity contribution in [1.29, 1.82) is 0 Å². The average molecular weight is 1190 g/mol. The Hall–Kier alpha value is -4.68. The number of rotatable bonds is 12. The maximum Gasteiger partial charge on any atom is 0.0146 e. The molecule has 0 aliphatic heterocycles. The first-order valence-electron chi connectivity index (χ1n) is 36.7. The minimum absolute atomic E-state index is 0.0708. The number of benzene rings is 6. The zero-order valence-electron chi connectivity index (χ0n) is 60.7. The van der Waals surface area contributed by atoms with E-state index in [9.17, 15) is 0 Å². The number of hydrogen-bond donors (Lipinski definition) is 0. The van der Waals surface area contributed by atoms with Crippen molar-refractivity contribution in [2.24, 2.45) is 47.3 Å². The molecule has 0 N–H and O–H groups in total. The zero-order valence-corrected chi connectivity index (χ0v) is 60.7. The first-order valence-corrected chi connectivity index (χ1v) is 36.7. The summed E-state index contributed by atoms with van der Waals surface area (Å²) in [7, 11) is 0. The fourth-order valence-electron chi connectivity index (χ4n) is 13.2. The van der Waals surface area contributed by atoms with Gasteiger partial charge in [-0.25, -0.2) is 0 Å². The molecule has 6 aromatic carbocycles. The Morgan fingerprint density at radius 3 is 0.875 bits per heavy atom. The molecule has 4 fully saturated rings. The summed E-state index contributed by atoms with van der Waals surface area (Å²) in [4.78, 5) is 0. The molecule has 0 spiro atoms. The Kier molecular flexibility index (Phi) is 39.4. The van der Waals surface area contributed by atoms with Crippen LogP contribution in [0.15, 0.2) is 146 Å². The molecule has 0 saturated heterocycles. The SMILES string of the molecule is CC1CCC(C)CC1.CC1CCCC(C)C1.CCC1CCC(CC)CC1.CCC1CCCC(CC)C1.CCc1ccc(CC)cc1.CCc1cccc(CC)c1.Cc1ccc(C(C)(C)c2ccc(C)cc2)cc1.Cc1ccc(Cc2ccc(C)cc2)cc1. The Morgan fingerprint density at radius 2 is 0.591 bits per heavy atom. The average Bonchev–Trinajstić information content (AvgIpc) is 3.16. The van der Waals surface area contributed by atoms with Gasteiger partial charge in [-0.15, -0.1) is 0 Å². The minimum Gasteiger partial charge on any atom is -0.0651 e. The van der Waals surface area contributed by atoms with E-state index in [4.69, 9.17) is 0 Å². The molecule has 4 unspecified atom stereocenters. The van der Waals surface area contributed by atoms with Crippen LogP contribution in [0.5, 0.6) is 0 Å². The third kappa shape index (κ3) is 32.4. The van der Waals surface area contributed by atoms with Crippen LogP contribution in [-0.2, 0) is 37.5 Å². The van der Waals surface area contributed by atoms with Gasteiger partial charge in [-0.1, -0.05) is 380 Å². The zero-order chi connectivity index (χ0) is 64.7. The number of hydrogen-bond acceptors (Lipinski definition) is 0. The molecule has 88 heavy (non-hydrogen) atoms. The van der Waals surface area contributed by atoms with Crippen LogP contribution >= 0.6 is 0 Å². The van der Waals surface area contributed by atoms with E-state index in [2.05, 4.69) is 270 Å². The van der Waals surface area contributed by atoms with Gasteiger partial charge in [-0.3, -0.25) is 0 Å². The lowest BCUT2D eigenvalue weighted by Crippen LogP contribution is -2.18. The lowest BCUT2D eigenvalue weighted by Gasteiger charge is -2.27. The molecule has 0 aromatic heterocycles. The largest absolute Gasteiger partial charge is 0.0651 e. The monoisotopic (exact) mass is 1190 g/mol. The van der Waals surface area contributed by atoms with E-state index in [0.717, 1.165) is 79.4 Å². The summed E-state index contributed by atoms with van der Waals surface area (Å²) in [6.45, 7) is 40.6. The summed E-state index contributed by atoms with van der Waals surface area (Å²) < 4.78 is 0. The summed E-state index contributed by atoms with van der Waals surface area (Å²) in [6.07, 6.45) is 35.1. The second-order valence-corrected chi connectivity index (χ2v) is 28.7. The van der Waals surface area contributed by atoms with Crippen molar-refractivity contribution in [2.45, 2.75) is 291 Å². The summed E-state index contributed by atoms with van der Waals surface area (Å²) in [6, 6.07) is 52.8. The van der Waals surface area contributed by atoms with Crippen LogP contribution < -0.4 is 0 Å². The molecule has 0 amide bonds. The highest BCUT2D eigenvalue weighted by atomic mass is 14.3. The highest BCUT2D eigenvalue weighted by Gasteiger charge is 2.23. The van der Waals surface area contributed by atoms with Crippen molar-refractivity contribution >= 4 is 0 Å². The molecule has 488 valence electrons. The lowest BCUT2D eigenvalue weighted by atomic mass is 9.78. The number of aryl methyl sites for hydroxylation is 8. The molecule has 4 aliphatic rings. The predicted molar refractivity (Wildman–Crippen MR) is 396 cm³/mol. The molecule has 10 rings (SSSR count). The third-order valence-electron chi connectivity index (χ3n) is 20.5. The Bertz CT molecular complexity index is 2420. The summed E-state index contributed by atoms with van der Waals surface area (Å²) >= 11 is 0. The van der Waals surface area contributed by atoms with E-state index < -0.39 is 0 Å². The van der Waals surface area contributed by atoms with Crippen LogP contribution in [-0.4, -0.2) is 0 Å². The first kappa shape index (κ1) is 77.6. The third-order valence-corrected chi connectivity index (χ3v) is 20.5.